The molecule has 112 valence electrons. The van der Waals surface area contributed by atoms with Gasteiger partial charge in [0.25, 0.3) is 0 Å². The van der Waals surface area contributed by atoms with Crippen LogP contribution in [-0.4, -0.2) is 26.8 Å². The molecule has 0 saturated heterocycles. The van der Waals surface area contributed by atoms with Crippen molar-refractivity contribution in [1.82, 2.24) is 14.7 Å². The van der Waals surface area contributed by atoms with Crippen LogP contribution >= 0.6 is 12.2 Å². The molecule has 0 aliphatic carbocycles. The van der Waals surface area contributed by atoms with Crippen molar-refractivity contribution in [2.24, 2.45) is 0 Å². The summed E-state index contributed by atoms with van der Waals surface area (Å²) in [6, 6.07) is 8.14. The maximum Gasteiger partial charge on any atom is 0.173 e. The summed E-state index contributed by atoms with van der Waals surface area (Å²) >= 11 is 5.48. The lowest BCUT2D eigenvalue weighted by Crippen LogP contribution is -2.30. The van der Waals surface area contributed by atoms with E-state index in [1.165, 1.54) is 11.1 Å². The fourth-order valence-corrected chi connectivity index (χ4v) is 2.30. The lowest BCUT2D eigenvalue weighted by atomic mass is 10.2. The van der Waals surface area contributed by atoms with Gasteiger partial charge in [-0.3, -0.25) is 4.68 Å². The van der Waals surface area contributed by atoms with E-state index in [2.05, 4.69) is 36.5 Å². The van der Waals surface area contributed by atoms with E-state index in [1.807, 2.05) is 41.8 Å². The van der Waals surface area contributed by atoms with Gasteiger partial charge < -0.3 is 10.2 Å². The Hall–Kier alpha value is -1.88. The maximum atomic E-state index is 5.48. The van der Waals surface area contributed by atoms with Gasteiger partial charge in [0.05, 0.1) is 5.69 Å². The highest BCUT2D eigenvalue weighted by molar-refractivity contribution is 7.80. The van der Waals surface area contributed by atoms with Crippen LogP contribution in [-0.2, 0) is 13.1 Å². The summed E-state index contributed by atoms with van der Waals surface area (Å²) in [6.07, 6.45) is 2.09. The normalized spacial score (nSPS) is 10.5. The van der Waals surface area contributed by atoms with Crippen molar-refractivity contribution in [3.05, 3.63) is 47.3 Å². The molecule has 0 bridgehead atoms. The lowest BCUT2D eigenvalue weighted by molar-refractivity contribution is 0.506. The Kier molecular flexibility index (Phi) is 4.96. The third-order valence-corrected chi connectivity index (χ3v) is 3.93. The van der Waals surface area contributed by atoms with Gasteiger partial charge in [-0.05, 0) is 44.6 Å². The third-order valence-electron chi connectivity index (χ3n) is 3.51. The number of aryl methyl sites for hydroxylation is 3. The molecular weight excluding hydrogens is 280 g/mol. The molecule has 21 heavy (non-hydrogen) atoms. The van der Waals surface area contributed by atoms with Crippen LogP contribution in [0.25, 0.3) is 0 Å². The molecule has 1 aromatic carbocycles. The minimum atomic E-state index is 0.716. The topological polar surface area (TPSA) is 33.1 Å². The number of nitrogens with zero attached hydrogens (tertiary/aromatic N) is 3. The van der Waals surface area contributed by atoms with Gasteiger partial charge in [0.15, 0.2) is 5.11 Å². The second kappa shape index (κ2) is 6.72. The molecule has 4 nitrogen and oxygen atoms in total. The van der Waals surface area contributed by atoms with Crippen molar-refractivity contribution in [3.8, 4) is 0 Å². The van der Waals surface area contributed by atoms with Gasteiger partial charge >= 0.3 is 0 Å². The molecular formula is C16H22N4S. The van der Waals surface area contributed by atoms with Gasteiger partial charge in [-0.1, -0.05) is 18.2 Å². The number of rotatable bonds is 4. The Morgan fingerprint density at radius 3 is 2.67 bits per heavy atom. The van der Waals surface area contributed by atoms with Crippen LogP contribution in [0.5, 0.6) is 0 Å². The Labute approximate surface area is 131 Å². The van der Waals surface area contributed by atoms with Crippen LogP contribution in [0.2, 0.25) is 0 Å². The predicted molar refractivity (Wildman–Crippen MR) is 91.5 cm³/mol. The summed E-state index contributed by atoms with van der Waals surface area (Å²) in [7, 11) is 2.00. The molecule has 0 fully saturated rings. The first-order valence-corrected chi connectivity index (χ1v) is 7.52. The van der Waals surface area contributed by atoms with Gasteiger partial charge in [0, 0.05) is 37.6 Å². The Balaban J connectivity index is 2.02. The van der Waals surface area contributed by atoms with E-state index in [4.69, 9.17) is 12.2 Å². The van der Waals surface area contributed by atoms with Gasteiger partial charge in [-0.15, -0.1) is 0 Å². The standard InChI is InChI=1S/C16H22N4S/c1-5-20-11-14(13(3)18-20)10-19(4)16(21)17-15-9-7-6-8-12(15)2/h6-9,11H,5,10H2,1-4H3,(H,17,21). The van der Waals surface area contributed by atoms with Crippen LogP contribution in [0.15, 0.2) is 30.5 Å². The number of para-hydroxylation sites is 1. The van der Waals surface area contributed by atoms with Crippen molar-refractivity contribution in [1.29, 1.82) is 0 Å². The lowest BCUT2D eigenvalue weighted by Gasteiger charge is -2.21. The molecule has 1 heterocycles. The minimum Gasteiger partial charge on any atom is -0.348 e. The number of anilines is 1. The van der Waals surface area contributed by atoms with Gasteiger partial charge in [-0.25, -0.2) is 0 Å². The Morgan fingerprint density at radius 2 is 2.05 bits per heavy atom. The minimum absolute atomic E-state index is 0.716. The van der Waals surface area contributed by atoms with E-state index >= 15 is 0 Å². The van der Waals surface area contributed by atoms with Crippen LogP contribution in [0.1, 0.15) is 23.7 Å². The van der Waals surface area contributed by atoms with Crippen LogP contribution in [0.4, 0.5) is 5.69 Å². The molecule has 0 radical (unpaired) electrons. The number of hydrogen-bond acceptors (Lipinski definition) is 2. The molecule has 0 aliphatic heterocycles. The number of benzene rings is 1. The Bertz CT molecular complexity index is 633. The molecule has 0 unspecified atom stereocenters. The number of hydrogen-bond donors (Lipinski definition) is 1. The second-order valence-electron chi connectivity index (χ2n) is 5.20. The second-order valence-corrected chi connectivity index (χ2v) is 5.58. The average molecular weight is 302 g/mol. The van der Waals surface area contributed by atoms with Crippen molar-refractivity contribution in [2.45, 2.75) is 33.9 Å². The van der Waals surface area contributed by atoms with Crippen LogP contribution < -0.4 is 5.32 Å². The summed E-state index contributed by atoms with van der Waals surface area (Å²) < 4.78 is 1.95. The average Bonchev–Trinajstić information content (AvgIpc) is 2.82. The third kappa shape index (κ3) is 3.82. The van der Waals surface area contributed by atoms with E-state index in [0.29, 0.717) is 5.11 Å². The summed E-state index contributed by atoms with van der Waals surface area (Å²) in [6.45, 7) is 7.83. The molecule has 1 aromatic heterocycles. The molecule has 0 amide bonds. The predicted octanol–water partition coefficient (Wildman–Crippen LogP) is 3.35. The van der Waals surface area contributed by atoms with E-state index in [1.54, 1.807) is 0 Å². The van der Waals surface area contributed by atoms with E-state index in [9.17, 15) is 0 Å². The van der Waals surface area contributed by atoms with E-state index in [-0.39, 0.29) is 0 Å². The first-order valence-electron chi connectivity index (χ1n) is 7.12. The zero-order chi connectivity index (χ0) is 15.4. The summed E-state index contributed by atoms with van der Waals surface area (Å²) in [5.74, 6) is 0. The number of thiocarbonyl (C=S) groups is 1. The Morgan fingerprint density at radius 1 is 1.33 bits per heavy atom. The first kappa shape index (κ1) is 15.5. The van der Waals surface area contributed by atoms with Crippen molar-refractivity contribution in [2.75, 3.05) is 12.4 Å². The quantitative estimate of drug-likeness (QED) is 0.878. The molecule has 2 aromatic rings. The molecule has 0 spiro atoms. The van der Waals surface area contributed by atoms with Crippen molar-refractivity contribution < 1.29 is 0 Å². The van der Waals surface area contributed by atoms with Gasteiger partial charge in [0.1, 0.15) is 0 Å². The van der Waals surface area contributed by atoms with Gasteiger partial charge in [0.2, 0.25) is 0 Å². The fraction of sp³-hybridized carbons (Fsp3) is 0.375. The zero-order valence-corrected chi connectivity index (χ0v) is 13.9. The van der Waals surface area contributed by atoms with Crippen molar-refractivity contribution in [3.63, 3.8) is 0 Å². The highest BCUT2D eigenvalue weighted by atomic mass is 32.1. The highest BCUT2D eigenvalue weighted by Gasteiger charge is 2.10. The maximum absolute atomic E-state index is 5.48. The van der Waals surface area contributed by atoms with Gasteiger partial charge in [-0.2, -0.15) is 5.10 Å². The van der Waals surface area contributed by atoms with E-state index in [0.717, 1.165) is 24.5 Å². The van der Waals surface area contributed by atoms with Crippen LogP contribution in [0, 0.1) is 13.8 Å². The summed E-state index contributed by atoms with van der Waals surface area (Å²) in [4.78, 5) is 2.03. The van der Waals surface area contributed by atoms with Crippen LogP contribution in [0.3, 0.4) is 0 Å². The number of aromatic nitrogens is 2. The first-order chi connectivity index (χ1) is 10.0. The van der Waals surface area contributed by atoms with E-state index < -0.39 is 0 Å². The smallest absolute Gasteiger partial charge is 0.173 e. The molecule has 2 rings (SSSR count). The molecule has 0 atom stereocenters. The largest absolute Gasteiger partial charge is 0.348 e. The monoisotopic (exact) mass is 302 g/mol. The molecule has 1 N–H and O–H groups in total. The highest BCUT2D eigenvalue weighted by Crippen LogP contribution is 2.15. The SMILES string of the molecule is CCn1cc(CN(C)C(=S)Nc2ccccc2C)c(C)n1. The molecule has 0 saturated carbocycles. The summed E-state index contributed by atoms with van der Waals surface area (Å²) in [5.41, 5.74) is 4.49. The zero-order valence-electron chi connectivity index (χ0n) is 13.1. The fourth-order valence-electron chi connectivity index (χ4n) is 2.13. The molecule has 0 aliphatic rings. The van der Waals surface area contributed by atoms with Crippen molar-refractivity contribution >= 4 is 23.0 Å². The molecule has 5 heteroatoms. The number of nitrogens with one attached hydrogen (secondary N) is 1. The summed E-state index contributed by atoms with van der Waals surface area (Å²) in [5, 5.41) is 8.48.